The molecule has 0 radical (unpaired) electrons. The van der Waals surface area contributed by atoms with Gasteiger partial charge in [0.1, 0.15) is 17.3 Å². The Kier molecular flexibility index (Phi) is 4.02. The summed E-state index contributed by atoms with van der Waals surface area (Å²) < 4.78 is 5.92. The second-order valence-electron chi connectivity index (χ2n) is 5.55. The van der Waals surface area contributed by atoms with Gasteiger partial charge in [-0.15, -0.1) is 0 Å². The number of fused-ring (bicyclic) bond motifs is 1. The van der Waals surface area contributed by atoms with E-state index in [0.29, 0.717) is 35.6 Å². The number of aromatic nitrogens is 1. The third kappa shape index (κ3) is 2.78. The van der Waals surface area contributed by atoms with Gasteiger partial charge in [-0.05, 0) is 30.4 Å². The molecule has 0 bridgehead atoms. The van der Waals surface area contributed by atoms with Crippen LogP contribution in [0.2, 0.25) is 0 Å². The lowest BCUT2D eigenvalue weighted by Gasteiger charge is -2.25. The molecule has 7 N–H and O–H groups in total. The first-order valence-corrected chi connectivity index (χ1v) is 7.42. The van der Waals surface area contributed by atoms with Gasteiger partial charge in [0.05, 0.1) is 6.61 Å². The Hall–Kier alpha value is -2.47. The van der Waals surface area contributed by atoms with Gasteiger partial charge in [-0.2, -0.15) is 0 Å². The number of aryl methyl sites for hydroxylation is 1. The zero-order valence-corrected chi connectivity index (χ0v) is 12.4. The number of nitrogen functional groups attached to an aromatic ring is 3. The number of rotatable bonds is 4. The molecule has 0 saturated carbocycles. The molecule has 1 aliphatic rings. The average Bonchev–Trinajstić information content (AvgIpc) is 2.55. The van der Waals surface area contributed by atoms with E-state index >= 15 is 0 Å². The van der Waals surface area contributed by atoms with Crippen LogP contribution in [-0.2, 0) is 6.42 Å². The lowest BCUT2D eigenvalue weighted by Crippen LogP contribution is -2.18. The van der Waals surface area contributed by atoms with Crippen molar-refractivity contribution in [3.8, 4) is 5.75 Å². The maximum atomic E-state index is 5.99. The largest absolute Gasteiger partial charge is 0.491 e. The molecule has 1 atom stereocenters. The summed E-state index contributed by atoms with van der Waals surface area (Å²) in [6.07, 6.45) is 3.42. The Morgan fingerprint density at radius 1 is 1.27 bits per heavy atom. The summed E-state index contributed by atoms with van der Waals surface area (Å²) in [6, 6.07) is 10.2. The van der Waals surface area contributed by atoms with Crippen LogP contribution in [0.15, 0.2) is 30.3 Å². The van der Waals surface area contributed by atoms with Crippen molar-refractivity contribution in [1.29, 1.82) is 0 Å². The van der Waals surface area contributed by atoms with E-state index in [4.69, 9.17) is 22.0 Å². The molecule has 1 unspecified atom stereocenters. The predicted molar refractivity (Wildman–Crippen MR) is 88.5 cm³/mol. The highest BCUT2D eigenvalue weighted by atomic mass is 16.5. The van der Waals surface area contributed by atoms with Gasteiger partial charge in [-0.3, -0.25) is 0 Å². The third-order valence-corrected chi connectivity index (χ3v) is 4.11. The highest BCUT2D eigenvalue weighted by molar-refractivity contribution is 5.71. The van der Waals surface area contributed by atoms with Crippen LogP contribution in [0.25, 0.3) is 0 Å². The standard InChI is InChI=1S/C16H21N5O/c17-14-8-13(15(18)16(20-14)21-19)22-9-11-6-3-5-10-4-1-2-7-12(10)11/h1-2,4,7-8,11H,3,5-6,9,18-19H2,(H3,17,20,21). The van der Waals surface area contributed by atoms with E-state index in [9.17, 15) is 0 Å². The van der Waals surface area contributed by atoms with E-state index in [2.05, 4.69) is 34.7 Å². The molecule has 6 heteroatoms. The van der Waals surface area contributed by atoms with Crippen molar-refractivity contribution in [3.63, 3.8) is 0 Å². The van der Waals surface area contributed by atoms with Crippen molar-refractivity contribution in [2.45, 2.75) is 25.2 Å². The van der Waals surface area contributed by atoms with E-state index in [1.807, 2.05) is 0 Å². The summed E-state index contributed by atoms with van der Waals surface area (Å²) in [5, 5.41) is 0. The van der Waals surface area contributed by atoms with Crippen molar-refractivity contribution in [2.75, 3.05) is 23.5 Å². The minimum Gasteiger partial charge on any atom is -0.491 e. The van der Waals surface area contributed by atoms with Crippen LogP contribution in [0.5, 0.6) is 5.75 Å². The summed E-state index contributed by atoms with van der Waals surface area (Å²) in [5.41, 5.74) is 17.3. The minimum absolute atomic E-state index is 0.321. The lowest BCUT2D eigenvalue weighted by atomic mass is 9.83. The highest BCUT2D eigenvalue weighted by Crippen LogP contribution is 2.34. The molecule has 6 nitrogen and oxygen atoms in total. The van der Waals surface area contributed by atoms with Gasteiger partial charge < -0.3 is 21.6 Å². The topological polar surface area (TPSA) is 112 Å². The van der Waals surface area contributed by atoms with Crippen LogP contribution < -0.4 is 27.5 Å². The lowest BCUT2D eigenvalue weighted by molar-refractivity contribution is 0.276. The van der Waals surface area contributed by atoms with Crippen LogP contribution in [0.3, 0.4) is 0 Å². The second-order valence-corrected chi connectivity index (χ2v) is 5.55. The molecule has 2 aromatic rings. The van der Waals surface area contributed by atoms with Crippen LogP contribution in [0.4, 0.5) is 17.3 Å². The maximum absolute atomic E-state index is 5.99. The molecular weight excluding hydrogens is 278 g/mol. The number of nitrogens with two attached hydrogens (primary N) is 3. The Balaban J connectivity index is 1.78. The van der Waals surface area contributed by atoms with Crippen molar-refractivity contribution >= 4 is 17.3 Å². The molecule has 0 fully saturated rings. The first-order valence-electron chi connectivity index (χ1n) is 7.42. The van der Waals surface area contributed by atoms with Crippen molar-refractivity contribution in [2.24, 2.45) is 5.84 Å². The zero-order valence-electron chi connectivity index (χ0n) is 12.4. The first kappa shape index (κ1) is 14.5. The fraction of sp³-hybridized carbons (Fsp3) is 0.312. The number of hydrazine groups is 1. The predicted octanol–water partition coefficient (Wildman–Crippen LogP) is 2.03. The second kappa shape index (κ2) is 6.11. The van der Waals surface area contributed by atoms with Crippen molar-refractivity contribution < 1.29 is 4.74 Å². The van der Waals surface area contributed by atoms with Gasteiger partial charge in [0, 0.05) is 12.0 Å². The van der Waals surface area contributed by atoms with Gasteiger partial charge in [-0.1, -0.05) is 24.3 Å². The van der Waals surface area contributed by atoms with Crippen molar-refractivity contribution in [3.05, 3.63) is 41.5 Å². The zero-order chi connectivity index (χ0) is 15.5. The summed E-state index contributed by atoms with van der Waals surface area (Å²) in [4.78, 5) is 4.02. The van der Waals surface area contributed by atoms with E-state index in [1.165, 1.54) is 17.5 Å². The number of nitrogens with one attached hydrogen (secondary N) is 1. The van der Waals surface area contributed by atoms with E-state index in [1.54, 1.807) is 6.07 Å². The molecule has 1 heterocycles. The normalized spacial score (nSPS) is 16.9. The SMILES string of the molecule is NNc1nc(N)cc(OCC2CCCc3ccccc32)c1N. The fourth-order valence-corrected chi connectivity index (χ4v) is 3.00. The van der Waals surface area contributed by atoms with E-state index < -0.39 is 0 Å². The fourth-order valence-electron chi connectivity index (χ4n) is 3.00. The number of anilines is 3. The van der Waals surface area contributed by atoms with Gasteiger partial charge in [0.2, 0.25) is 0 Å². The number of hydrogen-bond acceptors (Lipinski definition) is 6. The van der Waals surface area contributed by atoms with Crippen molar-refractivity contribution in [1.82, 2.24) is 4.98 Å². The Morgan fingerprint density at radius 3 is 2.91 bits per heavy atom. The van der Waals surface area contributed by atoms with Crippen LogP contribution in [0, 0.1) is 0 Å². The number of nitrogens with zero attached hydrogens (tertiary/aromatic N) is 1. The summed E-state index contributed by atoms with van der Waals surface area (Å²) in [7, 11) is 0. The number of hydrogen-bond donors (Lipinski definition) is 4. The molecule has 0 spiro atoms. The Labute approximate surface area is 129 Å². The number of pyridine rings is 1. The summed E-state index contributed by atoms with van der Waals surface area (Å²) in [6.45, 7) is 0.564. The molecular formula is C16H21N5O. The summed E-state index contributed by atoms with van der Waals surface area (Å²) in [5.74, 6) is 6.93. The molecule has 0 amide bonds. The van der Waals surface area contributed by atoms with Crippen LogP contribution >= 0.6 is 0 Å². The minimum atomic E-state index is 0.321. The molecule has 3 rings (SSSR count). The average molecular weight is 299 g/mol. The monoisotopic (exact) mass is 299 g/mol. The molecule has 1 aromatic carbocycles. The first-order chi connectivity index (χ1) is 10.7. The van der Waals surface area contributed by atoms with Gasteiger partial charge in [0.15, 0.2) is 5.82 Å². The van der Waals surface area contributed by atoms with E-state index in [0.717, 1.165) is 12.8 Å². The van der Waals surface area contributed by atoms with E-state index in [-0.39, 0.29) is 0 Å². The van der Waals surface area contributed by atoms with Gasteiger partial charge in [-0.25, -0.2) is 10.8 Å². The molecule has 0 saturated heterocycles. The molecule has 0 aliphatic heterocycles. The molecule has 22 heavy (non-hydrogen) atoms. The Morgan fingerprint density at radius 2 is 2.09 bits per heavy atom. The summed E-state index contributed by atoms with van der Waals surface area (Å²) >= 11 is 0. The maximum Gasteiger partial charge on any atom is 0.169 e. The Bertz CT molecular complexity index is 674. The number of benzene rings is 1. The smallest absolute Gasteiger partial charge is 0.169 e. The van der Waals surface area contributed by atoms with Gasteiger partial charge in [0.25, 0.3) is 0 Å². The third-order valence-electron chi connectivity index (χ3n) is 4.11. The van der Waals surface area contributed by atoms with Crippen LogP contribution in [-0.4, -0.2) is 11.6 Å². The van der Waals surface area contributed by atoms with Gasteiger partial charge >= 0.3 is 0 Å². The number of ether oxygens (including phenoxy) is 1. The highest BCUT2D eigenvalue weighted by Gasteiger charge is 2.21. The molecule has 1 aromatic heterocycles. The quantitative estimate of drug-likeness (QED) is 0.507. The van der Waals surface area contributed by atoms with Crippen LogP contribution in [0.1, 0.15) is 29.9 Å². The molecule has 1 aliphatic carbocycles. The molecule has 116 valence electrons.